The molecule has 4 heteroatoms. The Labute approximate surface area is 91.9 Å². The second-order valence-electron chi connectivity index (χ2n) is 4.24. The van der Waals surface area contributed by atoms with Crippen LogP contribution in [0.2, 0.25) is 0 Å². The number of carbonyl (C=O) groups excluding carboxylic acids is 1. The van der Waals surface area contributed by atoms with Gasteiger partial charge in [-0.1, -0.05) is 0 Å². The van der Waals surface area contributed by atoms with Crippen LogP contribution in [-0.2, 0) is 4.79 Å². The second kappa shape index (κ2) is 6.08. The number of aliphatic hydroxyl groups is 1. The first kappa shape index (κ1) is 12.5. The average molecular weight is 214 g/mol. The van der Waals surface area contributed by atoms with Gasteiger partial charge in [-0.3, -0.25) is 4.79 Å². The zero-order valence-corrected chi connectivity index (χ0v) is 9.78. The van der Waals surface area contributed by atoms with E-state index in [0.29, 0.717) is 5.92 Å². The minimum Gasteiger partial charge on any atom is -0.395 e. The van der Waals surface area contributed by atoms with Crippen molar-refractivity contribution in [3.63, 3.8) is 0 Å². The van der Waals surface area contributed by atoms with Crippen LogP contribution in [0.25, 0.3) is 0 Å². The number of β-amino-alcohol motifs (C(OH)–C–C–N with tert-alkyl or cyclic N) is 1. The summed E-state index contributed by atoms with van der Waals surface area (Å²) in [5.74, 6) is 0.749. The average Bonchev–Trinajstić information content (AvgIpc) is 2.62. The number of carbonyl (C=O) groups is 1. The predicted octanol–water partition coefficient (Wildman–Crippen LogP) is 0.169. The van der Waals surface area contributed by atoms with Gasteiger partial charge in [0, 0.05) is 33.1 Å². The molecule has 0 aromatic heterocycles. The summed E-state index contributed by atoms with van der Waals surface area (Å²) in [4.78, 5) is 15.4. The molecule has 1 N–H and O–H groups in total. The first-order valence-electron chi connectivity index (χ1n) is 5.76. The van der Waals surface area contributed by atoms with Crippen molar-refractivity contribution in [2.24, 2.45) is 5.92 Å². The van der Waals surface area contributed by atoms with Crippen LogP contribution < -0.4 is 0 Å². The number of likely N-dealkylation sites (tertiary alicyclic amines) is 1. The van der Waals surface area contributed by atoms with Crippen molar-refractivity contribution in [3.8, 4) is 0 Å². The molecule has 88 valence electrons. The maximum Gasteiger partial charge on any atom is 0.219 e. The molecule has 1 aliphatic rings. The first-order chi connectivity index (χ1) is 7.17. The molecule has 0 spiro atoms. The molecule has 0 bridgehead atoms. The maximum absolute atomic E-state index is 11.2. The summed E-state index contributed by atoms with van der Waals surface area (Å²) in [5.41, 5.74) is 0. The van der Waals surface area contributed by atoms with Gasteiger partial charge in [-0.15, -0.1) is 0 Å². The Morgan fingerprint density at radius 1 is 1.60 bits per heavy atom. The summed E-state index contributed by atoms with van der Waals surface area (Å²) in [7, 11) is 0. The zero-order chi connectivity index (χ0) is 11.3. The molecule has 4 nitrogen and oxygen atoms in total. The molecule has 1 atom stereocenters. The predicted molar refractivity (Wildman–Crippen MR) is 59.6 cm³/mol. The molecular weight excluding hydrogens is 192 g/mol. The van der Waals surface area contributed by atoms with E-state index in [2.05, 4.69) is 4.90 Å². The van der Waals surface area contributed by atoms with E-state index in [4.69, 9.17) is 5.11 Å². The van der Waals surface area contributed by atoms with E-state index in [9.17, 15) is 4.79 Å². The lowest BCUT2D eigenvalue weighted by atomic mass is 10.1. The molecule has 1 unspecified atom stereocenters. The third kappa shape index (κ3) is 3.80. The van der Waals surface area contributed by atoms with Crippen molar-refractivity contribution >= 4 is 5.91 Å². The normalized spacial score (nSPS) is 21.9. The number of aliphatic hydroxyl groups excluding tert-OH is 1. The van der Waals surface area contributed by atoms with Crippen molar-refractivity contribution < 1.29 is 9.90 Å². The van der Waals surface area contributed by atoms with Crippen LogP contribution in [0, 0.1) is 5.92 Å². The molecule has 1 amide bonds. The van der Waals surface area contributed by atoms with Crippen LogP contribution in [0.3, 0.4) is 0 Å². The zero-order valence-electron chi connectivity index (χ0n) is 9.78. The smallest absolute Gasteiger partial charge is 0.219 e. The van der Waals surface area contributed by atoms with Crippen LogP contribution in [0.15, 0.2) is 0 Å². The van der Waals surface area contributed by atoms with E-state index < -0.39 is 0 Å². The Morgan fingerprint density at radius 3 is 2.87 bits per heavy atom. The molecule has 1 fully saturated rings. The monoisotopic (exact) mass is 214 g/mol. The molecule has 15 heavy (non-hydrogen) atoms. The molecule has 0 aromatic carbocycles. The Morgan fingerprint density at radius 2 is 2.33 bits per heavy atom. The lowest BCUT2D eigenvalue weighted by molar-refractivity contribution is -0.129. The van der Waals surface area contributed by atoms with E-state index in [1.54, 1.807) is 6.92 Å². The highest BCUT2D eigenvalue weighted by atomic mass is 16.3. The van der Waals surface area contributed by atoms with Gasteiger partial charge in [0.05, 0.1) is 6.61 Å². The Kier molecular flexibility index (Phi) is 5.05. The standard InChI is InChI=1S/C11H22N2O2/c1-3-13(10(2)15)9-11-4-5-12(8-11)6-7-14/h11,14H,3-9H2,1-2H3. The fraction of sp³-hybridized carbons (Fsp3) is 0.909. The van der Waals surface area contributed by atoms with Crippen LogP contribution in [0.4, 0.5) is 0 Å². The van der Waals surface area contributed by atoms with Gasteiger partial charge in [0.25, 0.3) is 0 Å². The fourth-order valence-corrected chi connectivity index (χ4v) is 2.20. The number of hydrogen-bond donors (Lipinski definition) is 1. The molecule has 0 aliphatic carbocycles. The molecule has 1 heterocycles. The molecule has 1 aliphatic heterocycles. The van der Waals surface area contributed by atoms with Crippen molar-refractivity contribution in [1.29, 1.82) is 0 Å². The highest BCUT2D eigenvalue weighted by Gasteiger charge is 2.24. The van der Waals surface area contributed by atoms with Gasteiger partial charge in [0.2, 0.25) is 5.91 Å². The van der Waals surface area contributed by atoms with Crippen LogP contribution in [0.5, 0.6) is 0 Å². The quantitative estimate of drug-likeness (QED) is 0.709. The number of rotatable bonds is 5. The van der Waals surface area contributed by atoms with Crippen molar-refractivity contribution in [1.82, 2.24) is 9.80 Å². The Hall–Kier alpha value is -0.610. The lowest BCUT2D eigenvalue weighted by Gasteiger charge is -2.23. The molecule has 1 saturated heterocycles. The van der Waals surface area contributed by atoms with E-state index in [-0.39, 0.29) is 12.5 Å². The van der Waals surface area contributed by atoms with E-state index >= 15 is 0 Å². The van der Waals surface area contributed by atoms with Crippen molar-refractivity contribution in [2.45, 2.75) is 20.3 Å². The second-order valence-corrected chi connectivity index (χ2v) is 4.24. The van der Waals surface area contributed by atoms with Gasteiger partial charge in [-0.25, -0.2) is 0 Å². The first-order valence-corrected chi connectivity index (χ1v) is 5.76. The van der Waals surface area contributed by atoms with Crippen molar-refractivity contribution in [2.75, 3.05) is 39.3 Å². The van der Waals surface area contributed by atoms with Crippen LogP contribution >= 0.6 is 0 Å². The summed E-state index contributed by atoms with van der Waals surface area (Å²) < 4.78 is 0. The summed E-state index contributed by atoms with van der Waals surface area (Å²) in [6.45, 7) is 8.38. The van der Waals surface area contributed by atoms with Gasteiger partial charge in [-0.05, 0) is 25.8 Å². The molecule has 1 rings (SSSR count). The fourth-order valence-electron chi connectivity index (χ4n) is 2.20. The van der Waals surface area contributed by atoms with E-state index in [1.165, 1.54) is 0 Å². The molecule has 0 aromatic rings. The number of amides is 1. The van der Waals surface area contributed by atoms with Crippen LogP contribution in [-0.4, -0.2) is 60.1 Å². The lowest BCUT2D eigenvalue weighted by Crippen LogP contribution is -2.34. The van der Waals surface area contributed by atoms with Gasteiger partial charge in [0.15, 0.2) is 0 Å². The van der Waals surface area contributed by atoms with Crippen LogP contribution in [0.1, 0.15) is 20.3 Å². The minimum atomic E-state index is 0.165. The van der Waals surface area contributed by atoms with Crippen molar-refractivity contribution in [3.05, 3.63) is 0 Å². The minimum absolute atomic E-state index is 0.165. The van der Waals surface area contributed by atoms with E-state index in [1.807, 2.05) is 11.8 Å². The van der Waals surface area contributed by atoms with Gasteiger partial charge in [-0.2, -0.15) is 0 Å². The van der Waals surface area contributed by atoms with E-state index in [0.717, 1.165) is 39.1 Å². The largest absolute Gasteiger partial charge is 0.395 e. The third-order valence-electron chi connectivity index (χ3n) is 3.09. The summed E-state index contributed by atoms with van der Waals surface area (Å²) in [6.07, 6.45) is 1.14. The van der Waals surface area contributed by atoms with Gasteiger partial charge in [0.1, 0.15) is 0 Å². The number of hydrogen-bond acceptors (Lipinski definition) is 3. The molecule has 0 radical (unpaired) electrons. The summed E-state index contributed by atoms with van der Waals surface area (Å²) in [6, 6.07) is 0. The SMILES string of the molecule is CCN(CC1CCN(CCO)C1)C(C)=O. The van der Waals surface area contributed by atoms with Gasteiger partial charge < -0.3 is 14.9 Å². The maximum atomic E-state index is 11.2. The number of nitrogens with zero attached hydrogens (tertiary/aromatic N) is 2. The Balaban J connectivity index is 2.31. The third-order valence-corrected chi connectivity index (χ3v) is 3.09. The Bertz CT molecular complexity index is 209. The van der Waals surface area contributed by atoms with Gasteiger partial charge >= 0.3 is 0 Å². The summed E-state index contributed by atoms with van der Waals surface area (Å²) >= 11 is 0. The highest BCUT2D eigenvalue weighted by Crippen LogP contribution is 2.16. The highest BCUT2D eigenvalue weighted by molar-refractivity contribution is 5.73. The topological polar surface area (TPSA) is 43.8 Å². The molecule has 0 saturated carbocycles. The molecular formula is C11H22N2O2. The summed E-state index contributed by atoms with van der Waals surface area (Å²) in [5, 5.41) is 8.82.